The van der Waals surface area contributed by atoms with Gasteiger partial charge in [-0.1, -0.05) is 34.5 Å². The van der Waals surface area contributed by atoms with E-state index in [0.29, 0.717) is 16.3 Å². The molecule has 2 aromatic heterocycles. The van der Waals surface area contributed by atoms with Crippen molar-refractivity contribution < 1.29 is 23.6 Å². The van der Waals surface area contributed by atoms with Crippen molar-refractivity contribution in [2.75, 3.05) is 18.7 Å². The zero-order valence-electron chi connectivity index (χ0n) is 17.3. The molecule has 1 amide bonds. The molecule has 0 N–H and O–H groups in total. The fourth-order valence-corrected chi connectivity index (χ4v) is 4.18. The van der Waals surface area contributed by atoms with Gasteiger partial charge < -0.3 is 13.9 Å². The molecule has 0 saturated heterocycles. The number of amides is 1. The molecule has 0 radical (unpaired) electrons. The lowest BCUT2D eigenvalue weighted by molar-refractivity contribution is -0.402. The molecule has 0 unspecified atom stereocenters. The van der Waals surface area contributed by atoms with E-state index in [1.165, 1.54) is 41.8 Å². The van der Waals surface area contributed by atoms with Crippen molar-refractivity contribution in [2.24, 2.45) is 5.10 Å². The number of nitrogens with zero attached hydrogens (tertiary/aromatic N) is 4. The van der Waals surface area contributed by atoms with Crippen LogP contribution in [0.3, 0.4) is 0 Å². The number of halogens is 2. The van der Waals surface area contributed by atoms with Crippen molar-refractivity contribution in [2.45, 2.75) is 0 Å². The fraction of sp³-hybridized carbons (Fsp3) is 0.0952. The number of benzene rings is 2. The lowest BCUT2D eigenvalue weighted by atomic mass is 10.3. The third kappa shape index (κ3) is 5.28. The first kappa shape index (κ1) is 23.5. The minimum atomic E-state index is -0.676. The first-order chi connectivity index (χ1) is 16.3. The molecule has 0 spiro atoms. The quantitative estimate of drug-likeness (QED) is 0.169. The molecule has 2 heterocycles. The molecule has 10 nitrogen and oxygen atoms in total. The van der Waals surface area contributed by atoms with Gasteiger partial charge in [0.2, 0.25) is 5.13 Å². The highest BCUT2D eigenvalue weighted by atomic mass is 35.5. The molecule has 174 valence electrons. The fourth-order valence-electron chi connectivity index (χ4n) is 2.75. The van der Waals surface area contributed by atoms with Gasteiger partial charge in [-0.3, -0.25) is 14.9 Å². The second-order valence-corrected chi connectivity index (χ2v) is 8.43. The molecule has 0 aliphatic heterocycles. The van der Waals surface area contributed by atoms with Crippen LogP contribution in [0.1, 0.15) is 5.76 Å². The molecule has 0 bridgehead atoms. The number of thiazole rings is 1. The van der Waals surface area contributed by atoms with Gasteiger partial charge >= 0.3 is 5.88 Å². The van der Waals surface area contributed by atoms with E-state index >= 15 is 0 Å². The van der Waals surface area contributed by atoms with Crippen molar-refractivity contribution in [3.8, 4) is 11.5 Å². The van der Waals surface area contributed by atoms with E-state index in [1.54, 1.807) is 31.4 Å². The lowest BCUT2D eigenvalue weighted by Gasteiger charge is -2.14. The van der Waals surface area contributed by atoms with Crippen LogP contribution >= 0.6 is 34.5 Å². The first-order valence-electron chi connectivity index (χ1n) is 9.47. The van der Waals surface area contributed by atoms with Crippen molar-refractivity contribution in [3.05, 3.63) is 74.5 Å². The lowest BCUT2D eigenvalue weighted by Crippen LogP contribution is -2.30. The highest BCUT2D eigenvalue weighted by Crippen LogP contribution is 2.32. The molecule has 0 aliphatic rings. The topological polar surface area (TPSA) is 120 Å². The third-order valence-electron chi connectivity index (χ3n) is 4.34. The van der Waals surface area contributed by atoms with E-state index < -0.39 is 23.3 Å². The van der Waals surface area contributed by atoms with Crippen molar-refractivity contribution >= 4 is 67.9 Å². The number of furan rings is 1. The maximum Gasteiger partial charge on any atom is 0.433 e. The van der Waals surface area contributed by atoms with Gasteiger partial charge in [0.05, 0.1) is 34.6 Å². The maximum absolute atomic E-state index is 13.1. The highest BCUT2D eigenvalue weighted by Gasteiger charge is 2.21. The molecule has 0 fully saturated rings. The molecule has 4 rings (SSSR count). The van der Waals surface area contributed by atoms with Crippen LogP contribution in [0, 0.1) is 10.1 Å². The molecule has 0 aliphatic carbocycles. The summed E-state index contributed by atoms with van der Waals surface area (Å²) in [6.45, 7) is -0.420. The van der Waals surface area contributed by atoms with E-state index in [4.69, 9.17) is 37.1 Å². The van der Waals surface area contributed by atoms with Crippen LogP contribution in [-0.2, 0) is 4.79 Å². The number of fused-ring (bicyclic) bond motifs is 1. The van der Waals surface area contributed by atoms with Crippen LogP contribution in [0.5, 0.6) is 11.5 Å². The summed E-state index contributed by atoms with van der Waals surface area (Å²) in [5.74, 6) is -0.0536. The third-order valence-corrected chi connectivity index (χ3v) is 5.86. The number of hydrogen-bond acceptors (Lipinski definition) is 9. The van der Waals surface area contributed by atoms with Gasteiger partial charge in [-0.15, -0.1) is 0 Å². The first-order valence-corrected chi connectivity index (χ1v) is 11.0. The Bertz CT molecular complexity index is 1400. The number of hydrazone groups is 1. The Kier molecular flexibility index (Phi) is 6.96. The van der Waals surface area contributed by atoms with Gasteiger partial charge in [0.1, 0.15) is 16.4 Å². The van der Waals surface area contributed by atoms with Crippen LogP contribution in [-0.4, -0.2) is 35.7 Å². The Balaban J connectivity index is 1.63. The second kappa shape index (κ2) is 10.1. The van der Waals surface area contributed by atoms with E-state index in [0.717, 1.165) is 9.71 Å². The Labute approximate surface area is 206 Å². The summed E-state index contributed by atoms with van der Waals surface area (Å²) < 4.78 is 16.6. The number of aromatic nitrogens is 1. The van der Waals surface area contributed by atoms with Crippen LogP contribution in [0.25, 0.3) is 10.2 Å². The van der Waals surface area contributed by atoms with Crippen LogP contribution in [0.4, 0.5) is 11.0 Å². The second-order valence-electron chi connectivity index (χ2n) is 6.58. The standard InChI is InChI=1S/C21H14Cl2N4O6S/c1-31-13-3-5-16-18(9-13)34-21(25-16)26(24-10-14-4-7-20(33-14)27(29)30)19(28)11-32-17-6-2-12(22)8-15(17)23/h2-10H,11H2,1H3/b24-10+. The summed E-state index contributed by atoms with van der Waals surface area (Å²) >= 11 is 13.2. The van der Waals surface area contributed by atoms with Gasteiger partial charge in [-0.2, -0.15) is 10.1 Å². The zero-order chi connectivity index (χ0) is 24.2. The van der Waals surface area contributed by atoms with E-state index in [2.05, 4.69) is 10.1 Å². The summed E-state index contributed by atoms with van der Waals surface area (Å²) in [6, 6.07) is 12.4. The number of rotatable bonds is 8. The Morgan fingerprint density at radius 2 is 2.09 bits per heavy atom. The summed E-state index contributed by atoms with van der Waals surface area (Å²) in [7, 11) is 1.55. The minimum Gasteiger partial charge on any atom is -0.497 e. The monoisotopic (exact) mass is 520 g/mol. The number of methoxy groups -OCH3 is 1. The van der Waals surface area contributed by atoms with Crippen molar-refractivity contribution in [1.29, 1.82) is 0 Å². The van der Waals surface area contributed by atoms with Gasteiger partial charge in [0.15, 0.2) is 12.4 Å². The maximum atomic E-state index is 13.1. The molecular weight excluding hydrogens is 507 g/mol. The predicted octanol–water partition coefficient (Wildman–Crippen LogP) is 5.56. The average molecular weight is 521 g/mol. The summed E-state index contributed by atoms with van der Waals surface area (Å²) in [5, 5.41) is 16.9. The van der Waals surface area contributed by atoms with Gasteiger partial charge in [-0.25, -0.2) is 4.98 Å². The number of carbonyl (C=O) groups excluding carboxylic acids is 1. The zero-order valence-corrected chi connectivity index (χ0v) is 19.6. The molecule has 4 aromatic rings. The van der Waals surface area contributed by atoms with Gasteiger partial charge in [0, 0.05) is 5.02 Å². The van der Waals surface area contributed by atoms with Crippen LogP contribution in [0.2, 0.25) is 10.0 Å². The summed E-state index contributed by atoms with van der Waals surface area (Å²) in [4.78, 5) is 27.7. The van der Waals surface area contributed by atoms with E-state index in [-0.39, 0.29) is 21.7 Å². The molecular formula is C21H14Cl2N4O6S. The van der Waals surface area contributed by atoms with Gasteiger partial charge in [-0.05, 0) is 42.5 Å². The average Bonchev–Trinajstić information content (AvgIpc) is 3.45. The van der Waals surface area contributed by atoms with E-state index in [1.807, 2.05) is 0 Å². The molecule has 34 heavy (non-hydrogen) atoms. The Morgan fingerprint density at radius 1 is 1.26 bits per heavy atom. The molecule has 0 atom stereocenters. The van der Waals surface area contributed by atoms with Crippen LogP contribution < -0.4 is 14.5 Å². The number of anilines is 1. The van der Waals surface area contributed by atoms with Crippen LogP contribution in [0.15, 0.2) is 58.0 Å². The van der Waals surface area contributed by atoms with E-state index in [9.17, 15) is 14.9 Å². The number of ether oxygens (including phenoxy) is 2. The minimum absolute atomic E-state index is 0.0777. The number of nitro groups is 1. The van der Waals surface area contributed by atoms with Crippen molar-refractivity contribution in [1.82, 2.24) is 4.98 Å². The van der Waals surface area contributed by atoms with Gasteiger partial charge in [0.25, 0.3) is 5.91 Å². The number of carbonyl (C=O) groups is 1. The summed E-state index contributed by atoms with van der Waals surface area (Å²) in [6.07, 6.45) is 1.17. The smallest absolute Gasteiger partial charge is 0.433 e. The molecule has 13 heteroatoms. The molecule has 2 aromatic carbocycles. The Morgan fingerprint density at radius 3 is 2.79 bits per heavy atom. The Hall–Kier alpha value is -3.67. The molecule has 0 saturated carbocycles. The largest absolute Gasteiger partial charge is 0.497 e. The highest BCUT2D eigenvalue weighted by molar-refractivity contribution is 7.22. The predicted molar refractivity (Wildman–Crippen MR) is 129 cm³/mol. The normalized spacial score (nSPS) is 11.1. The van der Waals surface area contributed by atoms with Crippen molar-refractivity contribution in [3.63, 3.8) is 0 Å². The summed E-state index contributed by atoms with van der Waals surface area (Å²) in [5.41, 5.74) is 0.629. The SMILES string of the molecule is COc1ccc2nc(N(/N=C/c3ccc([N+](=O)[O-])o3)C(=O)COc3ccc(Cl)cc3Cl)sc2c1. The number of hydrogen-bond donors (Lipinski definition) is 0.